The number of benzene rings is 2. The van der Waals surface area contributed by atoms with Gasteiger partial charge in [0.25, 0.3) is 5.91 Å². The first-order chi connectivity index (χ1) is 27.0. The summed E-state index contributed by atoms with van der Waals surface area (Å²) in [6.45, 7) is 8.56. The molecule has 2 aromatic rings. The molecular weight excluding hydrogens is 760 g/mol. The number of hydrogen-bond donors (Lipinski definition) is 3. The summed E-state index contributed by atoms with van der Waals surface area (Å²) in [5.41, 5.74) is -1.38. The van der Waals surface area contributed by atoms with Crippen LogP contribution in [0.25, 0.3) is 0 Å². The zero-order valence-corrected chi connectivity index (χ0v) is 33.5. The number of alkyl halides is 3. The van der Waals surface area contributed by atoms with Crippen molar-refractivity contribution in [3.63, 3.8) is 0 Å². The molecule has 2 aromatic carbocycles. The molecule has 3 heterocycles. The molecule has 1 saturated carbocycles. The Balaban J connectivity index is 0.943. The lowest BCUT2D eigenvalue weighted by Gasteiger charge is -2.42. The van der Waals surface area contributed by atoms with Gasteiger partial charge in [0.15, 0.2) is 5.11 Å². The van der Waals surface area contributed by atoms with Gasteiger partial charge in [0.2, 0.25) is 17.7 Å². The van der Waals surface area contributed by atoms with Crippen LogP contribution in [0.4, 0.5) is 30.2 Å². The predicted molar refractivity (Wildman–Crippen MR) is 212 cm³/mol. The molecule has 3 N–H and O–H groups in total. The van der Waals surface area contributed by atoms with Gasteiger partial charge < -0.3 is 20.3 Å². The van der Waals surface area contributed by atoms with Crippen molar-refractivity contribution in [3.05, 3.63) is 53.6 Å². The molecule has 3 saturated heterocycles. The summed E-state index contributed by atoms with van der Waals surface area (Å²) >= 11 is 5.75. The molecule has 4 amide bonds. The minimum Gasteiger partial charge on any atom is -0.378 e. The van der Waals surface area contributed by atoms with Crippen molar-refractivity contribution in [1.82, 2.24) is 15.1 Å². The van der Waals surface area contributed by atoms with Crippen molar-refractivity contribution >= 4 is 58.0 Å². The van der Waals surface area contributed by atoms with Crippen LogP contribution in [-0.2, 0) is 30.1 Å². The average Bonchev–Trinajstić information content (AvgIpc) is 3.32. The van der Waals surface area contributed by atoms with E-state index in [0.717, 1.165) is 57.1 Å². The zero-order valence-electron chi connectivity index (χ0n) is 32.7. The fraction of sp³-hybridized carbons (Fsp3) is 0.561. The normalized spacial score (nSPS) is 26.9. The molecule has 0 aromatic heterocycles. The summed E-state index contributed by atoms with van der Waals surface area (Å²) in [7, 11) is 0. The van der Waals surface area contributed by atoms with Crippen LogP contribution in [0.15, 0.2) is 42.5 Å². The number of rotatable bonds is 11. The van der Waals surface area contributed by atoms with Crippen molar-refractivity contribution in [2.75, 3.05) is 28.7 Å². The highest BCUT2D eigenvalue weighted by Crippen LogP contribution is 2.41. The molecule has 306 valence electrons. The molecule has 12 nitrogen and oxygen atoms in total. The van der Waals surface area contributed by atoms with Gasteiger partial charge in [0, 0.05) is 42.5 Å². The number of piperidine rings is 2. The van der Waals surface area contributed by atoms with Crippen molar-refractivity contribution in [2.24, 2.45) is 5.92 Å². The highest BCUT2D eigenvalue weighted by atomic mass is 32.1. The Hall–Kier alpha value is -4.59. The molecule has 1 aliphatic carbocycles. The Bertz CT molecular complexity index is 1920. The quantitative estimate of drug-likeness (QED) is 0.173. The molecule has 6 rings (SSSR count). The van der Waals surface area contributed by atoms with Gasteiger partial charge in [-0.25, -0.2) is 0 Å². The van der Waals surface area contributed by atoms with Gasteiger partial charge in [0.05, 0.1) is 35.5 Å². The third kappa shape index (κ3) is 9.42. The number of nitrogens with zero attached hydrogens (tertiary/aromatic N) is 4. The predicted octanol–water partition coefficient (Wildman–Crippen LogP) is 6.35. The monoisotopic (exact) mass is 809 g/mol. The highest BCUT2D eigenvalue weighted by molar-refractivity contribution is 7.80. The van der Waals surface area contributed by atoms with Gasteiger partial charge in [-0.1, -0.05) is 6.07 Å². The lowest BCUT2D eigenvalue weighted by Crippen LogP contribution is -2.51. The Kier molecular flexibility index (Phi) is 12.6. The van der Waals surface area contributed by atoms with Crippen LogP contribution in [0.2, 0.25) is 0 Å². The molecule has 0 radical (unpaired) electrons. The number of carbonyl (C=O) groups is 4. The van der Waals surface area contributed by atoms with E-state index in [0.29, 0.717) is 30.3 Å². The zero-order chi connectivity index (χ0) is 41.2. The molecule has 57 heavy (non-hydrogen) atoms. The van der Waals surface area contributed by atoms with E-state index in [4.69, 9.17) is 17.0 Å². The smallest absolute Gasteiger partial charge is 0.378 e. The molecule has 0 bridgehead atoms. The topological polar surface area (TPSA) is 147 Å². The molecule has 4 atom stereocenters. The third-order valence-electron chi connectivity index (χ3n) is 11.9. The van der Waals surface area contributed by atoms with Crippen molar-refractivity contribution < 1.29 is 37.1 Å². The first kappa shape index (κ1) is 42.0. The van der Waals surface area contributed by atoms with Gasteiger partial charge in [-0.2, -0.15) is 18.4 Å². The Morgan fingerprint density at radius 3 is 2.35 bits per heavy atom. The summed E-state index contributed by atoms with van der Waals surface area (Å²) in [6, 6.07) is 11.7. The minimum atomic E-state index is -4.76. The van der Waals surface area contributed by atoms with Gasteiger partial charge >= 0.3 is 6.18 Å². The van der Waals surface area contributed by atoms with E-state index in [2.05, 4.69) is 34.7 Å². The number of anilines is 3. The Morgan fingerprint density at radius 2 is 1.70 bits per heavy atom. The van der Waals surface area contributed by atoms with Gasteiger partial charge in [-0.3, -0.25) is 34.3 Å². The second kappa shape index (κ2) is 17.1. The number of nitrogens with one attached hydrogen (secondary N) is 3. The van der Waals surface area contributed by atoms with E-state index in [-0.39, 0.29) is 65.7 Å². The van der Waals surface area contributed by atoms with E-state index < -0.39 is 34.8 Å². The molecule has 0 spiro atoms. The molecule has 1 unspecified atom stereocenters. The van der Waals surface area contributed by atoms with Crippen LogP contribution >= 0.6 is 12.2 Å². The van der Waals surface area contributed by atoms with E-state index in [1.165, 1.54) is 11.0 Å². The van der Waals surface area contributed by atoms with E-state index >= 15 is 0 Å². The molecule has 16 heteroatoms. The first-order valence-corrected chi connectivity index (χ1v) is 20.0. The minimum absolute atomic E-state index is 0.000615. The number of hydrogen-bond acceptors (Lipinski definition) is 9. The van der Waals surface area contributed by atoms with Gasteiger partial charge in [-0.15, -0.1) is 0 Å². The summed E-state index contributed by atoms with van der Waals surface area (Å²) in [6.07, 6.45) is 1.85. The fourth-order valence-corrected chi connectivity index (χ4v) is 9.41. The number of nitriles is 1. The summed E-state index contributed by atoms with van der Waals surface area (Å²) < 4.78 is 47.6. The Morgan fingerprint density at radius 1 is 1.02 bits per heavy atom. The van der Waals surface area contributed by atoms with Gasteiger partial charge in [-0.05, 0) is 134 Å². The van der Waals surface area contributed by atoms with Crippen molar-refractivity contribution in [2.45, 2.75) is 127 Å². The average molecular weight is 810 g/mol. The lowest BCUT2D eigenvalue weighted by atomic mass is 9.82. The standard InChI is InChI=1S/C41H50F3N7O5S/c1-24-18-32(19-25(2)49(24)23-36(53)47-29-7-5-6-28(20-29)46-34-14-15-35(52)48-37(34)54)56-17-16-26-8-11-30(12-9-26)51-39(57)50(38(55)40(51,3)4)31-13-10-27(22-45)33(21-31)41(42,43)44/h5-7,10,13,20-21,24-26,30,32,34,46H,8-9,11-12,14-19,23H2,1-4H3,(H,47,53)(H,48,52,54)/t24-,25+,26-,30-,32+,34?. The number of halogens is 3. The molecule has 3 aliphatic heterocycles. The van der Waals surface area contributed by atoms with Crippen LogP contribution in [0, 0.1) is 17.2 Å². The molecule has 4 aliphatic rings. The van der Waals surface area contributed by atoms with Crippen LogP contribution < -0.4 is 20.9 Å². The maximum Gasteiger partial charge on any atom is 0.417 e. The van der Waals surface area contributed by atoms with Crippen LogP contribution in [0.5, 0.6) is 0 Å². The maximum atomic E-state index is 13.7. The summed E-state index contributed by atoms with van der Waals surface area (Å²) in [5, 5.41) is 17.9. The summed E-state index contributed by atoms with van der Waals surface area (Å²) in [5.74, 6) is -0.749. The largest absolute Gasteiger partial charge is 0.417 e. The van der Waals surface area contributed by atoms with Crippen LogP contribution in [-0.4, -0.2) is 87.5 Å². The number of likely N-dealkylation sites (tertiary alicyclic amines) is 1. The van der Waals surface area contributed by atoms with Gasteiger partial charge in [0.1, 0.15) is 11.6 Å². The van der Waals surface area contributed by atoms with Crippen LogP contribution in [0.1, 0.15) is 96.6 Å². The van der Waals surface area contributed by atoms with Crippen LogP contribution in [0.3, 0.4) is 0 Å². The summed E-state index contributed by atoms with van der Waals surface area (Å²) in [4.78, 5) is 55.6. The number of carbonyl (C=O) groups excluding carboxylic acids is 4. The first-order valence-electron chi connectivity index (χ1n) is 19.6. The van der Waals surface area contributed by atoms with E-state index in [1.54, 1.807) is 38.1 Å². The third-order valence-corrected chi connectivity index (χ3v) is 12.2. The molecule has 4 fully saturated rings. The highest BCUT2D eigenvalue weighted by Gasteiger charge is 2.52. The van der Waals surface area contributed by atoms with Crippen molar-refractivity contribution in [3.8, 4) is 6.07 Å². The number of thiocarbonyl (C=S) groups is 1. The van der Waals surface area contributed by atoms with E-state index in [9.17, 15) is 37.6 Å². The second-order valence-corrected chi connectivity index (χ2v) is 16.6. The number of ether oxygens (including phenoxy) is 1. The maximum absolute atomic E-state index is 13.7. The molecular formula is C41H50F3N7O5S. The van der Waals surface area contributed by atoms with Crippen molar-refractivity contribution in [1.29, 1.82) is 5.26 Å². The number of imide groups is 1. The SMILES string of the molecule is C[C@@H]1C[C@H](OCC[C@H]2CC[C@H](N3C(=S)N(c4ccc(C#N)c(C(F)(F)F)c4)C(=O)C3(C)C)CC2)C[C@H](C)N1CC(=O)Nc1cccc(NC2CCC(=O)NC2=O)c1. The lowest BCUT2D eigenvalue weighted by molar-refractivity contribution is -0.138. The fourth-order valence-electron chi connectivity index (χ4n) is 8.84. The number of amides is 4. The Labute approximate surface area is 336 Å². The second-order valence-electron chi connectivity index (χ2n) is 16.3. The van der Waals surface area contributed by atoms with E-state index in [1.807, 2.05) is 11.0 Å².